The quantitative estimate of drug-likeness (QED) is 0.293. The number of aromatic hydroxyl groups is 1. The summed E-state index contributed by atoms with van der Waals surface area (Å²) in [4.78, 5) is 15.8. The van der Waals surface area contributed by atoms with E-state index >= 15 is 8.78 Å². The predicted octanol–water partition coefficient (Wildman–Crippen LogP) is 6.08. The zero-order valence-electron chi connectivity index (χ0n) is 23.6. The normalized spacial score (nSPS) is 26.9. The van der Waals surface area contributed by atoms with Gasteiger partial charge in [-0.1, -0.05) is 17.7 Å². The lowest BCUT2D eigenvalue weighted by Gasteiger charge is -2.30. The van der Waals surface area contributed by atoms with E-state index in [1.165, 1.54) is 36.0 Å². The highest BCUT2D eigenvalue weighted by Crippen LogP contribution is 2.41. The largest absolute Gasteiger partial charge is 0.508 e. The molecular formula is C33H32F3N5O2. The van der Waals surface area contributed by atoms with Gasteiger partial charge in [0, 0.05) is 47.6 Å². The standard InChI is InChI=1S/C33H32F3N5O2/c34-20-14-33(7-2-8-41(33)16-20)17-43-32-39-27(11-18-9-21-5-6-22(10-18)38-21)25-15-37-30(29(36)31(25)40-32)24-13-23(42)12-19-3-1-4-26(35)28(19)24/h1,3-4,11-13,15,20-22,38,42H,2,5-10,14,16-17H2/t20-,21?,22?,33+/m1/s1. The highest BCUT2D eigenvalue weighted by atomic mass is 19.1. The third-order valence-electron chi connectivity index (χ3n) is 9.78. The van der Waals surface area contributed by atoms with Crippen LogP contribution >= 0.6 is 0 Å². The van der Waals surface area contributed by atoms with Crippen molar-refractivity contribution in [3.05, 3.63) is 59.4 Å². The third-order valence-corrected chi connectivity index (χ3v) is 9.78. The average molecular weight is 588 g/mol. The monoisotopic (exact) mass is 587 g/mol. The molecule has 0 spiro atoms. The van der Waals surface area contributed by atoms with Gasteiger partial charge in [0.15, 0.2) is 5.82 Å². The number of hydrogen-bond acceptors (Lipinski definition) is 7. The summed E-state index contributed by atoms with van der Waals surface area (Å²) in [7, 11) is 0. The van der Waals surface area contributed by atoms with E-state index in [0.717, 1.165) is 45.1 Å². The lowest BCUT2D eigenvalue weighted by atomic mass is 9.95. The molecule has 0 amide bonds. The Morgan fingerprint density at radius 3 is 2.81 bits per heavy atom. The number of halogens is 3. The molecule has 43 heavy (non-hydrogen) atoms. The fraction of sp³-hybridized carbons (Fsp3) is 0.424. The molecule has 7 nitrogen and oxygen atoms in total. The van der Waals surface area contributed by atoms with Gasteiger partial charge in [-0.05, 0) is 74.7 Å². The van der Waals surface area contributed by atoms with Crippen LogP contribution in [0.5, 0.6) is 11.8 Å². The molecule has 2 aromatic heterocycles. The number of ether oxygens (including phenoxy) is 1. The molecule has 4 saturated heterocycles. The molecule has 8 rings (SSSR count). The molecule has 222 valence electrons. The van der Waals surface area contributed by atoms with E-state index in [0.29, 0.717) is 41.5 Å². The van der Waals surface area contributed by atoms with E-state index in [2.05, 4.69) is 20.2 Å². The zero-order chi connectivity index (χ0) is 29.3. The van der Waals surface area contributed by atoms with E-state index in [4.69, 9.17) is 9.72 Å². The summed E-state index contributed by atoms with van der Waals surface area (Å²) in [5.41, 5.74) is 1.32. The van der Waals surface area contributed by atoms with Gasteiger partial charge in [-0.2, -0.15) is 9.97 Å². The Kier molecular flexibility index (Phi) is 6.34. The Hall–Kier alpha value is -3.76. The van der Waals surface area contributed by atoms with Crippen LogP contribution in [0.3, 0.4) is 0 Å². The van der Waals surface area contributed by atoms with Gasteiger partial charge >= 0.3 is 6.01 Å². The van der Waals surface area contributed by atoms with Crippen molar-refractivity contribution in [2.75, 3.05) is 19.7 Å². The number of benzene rings is 2. The summed E-state index contributed by atoms with van der Waals surface area (Å²) in [5, 5.41) is 15.0. The van der Waals surface area contributed by atoms with Crippen LogP contribution in [0.1, 0.15) is 50.6 Å². The number of piperidine rings is 1. The van der Waals surface area contributed by atoms with Crippen LogP contribution in [0, 0.1) is 11.6 Å². The second-order valence-corrected chi connectivity index (χ2v) is 12.6. The first-order chi connectivity index (χ1) is 20.8. The van der Waals surface area contributed by atoms with E-state index in [1.807, 2.05) is 6.08 Å². The van der Waals surface area contributed by atoms with Crippen LogP contribution in [0.15, 0.2) is 42.1 Å². The van der Waals surface area contributed by atoms with Crippen molar-refractivity contribution < 1.29 is 23.0 Å². The van der Waals surface area contributed by atoms with E-state index in [-0.39, 0.29) is 40.5 Å². The van der Waals surface area contributed by atoms with Crippen LogP contribution in [-0.2, 0) is 0 Å². The summed E-state index contributed by atoms with van der Waals surface area (Å²) >= 11 is 0. The first kappa shape index (κ1) is 26.8. The molecule has 2 bridgehead atoms. The van der Waals surface area contributed by atoms with Crippen molar-refractivity contribution in [3.8, 4) is 23.0 Å². The summed E-state index contributed by atoms with van der Waals surface area (Å²) in [6.45, 7) is 1.44. The number of phenolic OH excluding ortho intramolecular Hbond substituents is 1. The molecule has 4 aliphatic rings. The van der Waals surface area contributed by atoms with E-state index in [9.17, 15) is 9.50 Å². The summed E-state index contributed by atoms with van der Waals surface area (Å²) in [5.74, 6) is -1.43. The maximum Gasteiger partial charge on any atom is 0.317 e. The van der Waals surface area contributed by atoms with Gasteiger partial charge in [0.1, 0.15) is 35.6 Å². The van der Waals surface area contributed by atoms with Crippen LogP contribution in [0.4, 0.5) is 13.2 Å². The number of rotatable bonds is 5. The second-order valence-electron chi connectivity index (χ2n) is 12.6. The lowest BCUT2D eigenvalue weighted by Crippen LogP contribution is -2.43. The zero-order valence-corrected chi connectivity index (χ0v) is 23.6. The second kappa shape index (κ2) is 10.2. The number of phenols is 1. The molecule has 4 aromatic rings. The molecule has 0 aliphatic carbocycles. The fourth-order valence-corrected chi connectivity index (χ4v) is 7.87. The number of nitrogens with one attached hydrogen (secondary N) is 1. The Morgan fingerprint density at radius 2 is 1.98 bits per heavy atom. The van der Waals surface area contributed by atoms with Gasteiger partial charge in [-0.3, -0.25) is 9.88 Å². The van der Waals surface area contributed by atoms with Gasteiger partial charge in [0.25, 0.3) is 0 Å². The van der Waals surface area contributed by atoms with Crippen molar-refractivity contribution in [2.45, 2.75) is 68.7 Å². The van der Waals surface area contributed by atoms with E-state index in [1.54, 1.807) is 6.07 Å². The van der Waals surface area contributed by atoms with Gasteiger partial charge in [0.2, 0.25) is 0 Å². The molecule has 0 radical (unpaired) electrons. The Labute approximate surface area is 246 Å². The molecule has 10 heteroatoms. The molecule has 4 atom stereocenters. The van der Waals surface area contributed by atoms with Gasteiger partial charge in [-0.25, -0.2) is 13.2 Å². The first-order valence-corrected chi connectivity index (χ1v) is 15.1. The summed E-state index contributed by atoms with van der Waals surface area (Å²) < 4.78 is 52.1. The number of aromatic nitrogens is 3. The minimum Gasteiger partial charge on any atom is -0.508 e. The van der Waals surface area contributed by atoms with Gasteiger partial charge < -0.3 is 15.2 Å². The van der Waals surface area contributed by atoms with Crippen molar-refractivity contribution in [1.82, 2.24) is 25.2 Å². The average Bonchev–Trinajstić information content (AvgIpc) is 3.62. The molecular weight excluding hydrogens is 555 g/mol. The van der Waals surface area contributed by atoms with E-state index < -0.39 is 23.3 Å². The van der Waals surface area contributed by atoms with Gasteiger partial charge in [0.05, 0.1) is 11.2 Å². The van der Waals surface area contributed by atoms with Crippen LogP contribution in [0.2, 0.25) is 0 Å². The Balaban J connectivity index is 1.25. The first-order valence-electron chi connectivity index (χ1n) is 15.1. The SMILES string of the molecule is Oc1cc(-c2ncc3c(C=C4CC5CCC(C4)N5)nc(OC[C@@]45CCCN4C[C@H](F)C5)nc3c2F)c2c(F)cccc2c1. The maximum atomic E-state index is 16.5. The number of pyridine rings is 1. The topological polar surface area (TPSA) is 83.4 Å². The molecule has 2 aromatic carbocycles. The molecule has 6 heterocycles. The third kappa shape index (κ3) is 4.62. The molecule has 0 saturated carbocycles. The number of nitrogens with zero attached hydrogens (tertiary/aromatic N) is 4. The minimum absolute atomic E-state index is 0.00200. The highest BCUT2D eigenvalue weighted by molar-refractivity contribution is 5.99. The number of fused-ring (bicyclic) bond motifs is 5. The Bertz CT molecular complexity index is 1780. The van der Waals surface area contributed by atoms with Crippen LogP contribution in [0.25, 0.3) is 39.0 Å². The van der Waals surface area contributed by atoms with Crippen molar-refractivity contribution in [3.63, 3.8) is 0 Å². The minimum atomic E-state index is -0.902. The molecule has 4 fully saturated rings. The van der Waals surface area contributed by atoms with Crippen LogP contribution < -0.4 is 10.1 Å². The summed E-state index contributed by atoms with van der Waals surface area (Å²) in [6, 6.07) is 8.10. The highest BCUT2D eigenvalue weighted by Gasteiger charge is 2.49. The summed E-state index contributed by atoms with van der Waals surface area (Å²) in [6.07, 6.45) is 8.83. The van der Waals surface area contributed by atoms with Crippen molar-refractivity contribution >= 4 is 27.8 Å². The number of hydrogen-bond donors (Lipinski definition) is 2. The lowest BCUT2D eigenvalue weighted by molar-refractivity contribution is 0.107. The van der Waals surface area contributed by atoms with Crippen molar-refractivity contribution in [2.24, 2.45) is 0 Å². The van der Waals surface area contributed by atoms with Gasteiger partial charge in [-0.15, -0.1) is 0 Å². The van der Waals surface area contributed by atoms with Crippen LogP contribution in [-0.4, -0.2) is 68.4 Å². The molecule has 2 N–H and O–H groups in total. The predicted molar refractivity (Wildman–Crippen MR) is 158 cm³/mol. The Morgan fingerprint density at radius 1 is 1.14 bits per heavy atom. The maximum absolute atomic E-state index is 16.5. The number of alkyl halides is 1. The fourth-order valence-electron chi connectivity index (χ4n) is 7.87. The smallest absolute Gasteiger partial charge is 0.317 e. The molecule has 4 aliphatic heterocycles. The molecule has 2 unspecified atom stereocenters. The van der Waals surface area contributed by atoms with Crippen molar-refractivity contribution in [1.29, 1.82) is 0 Å².